The largest absolute Gasteiger partial charge is 0.359 e. The highest BCUT2D eigenvalue weighted by molar-refractivity contribution is 6.04. The molecule has 1 aromatic carbocycles. The van der Waals surface area contributed by atoms with Crippen LogP contribution in [0.2, 0.25) is 0 Å². The molecule has 4 aromatic rings. The van der Waals surface area contributed by atoms with Crippen LogP contribution in [-0.2, 0) is 13.0 Å². The van der Waals surface area contributed by atoms with Gasteiger partial charge in [-0.3, -0.25) is 9.59 Å². The third-order valence-corrected chi connectivity index (χ3v) is 5.06. The molecule has 8 heteroatoms. The first kappa shape index (κ1) is 18.1. The average molecular weight is 401 g/mol. The van der Waals surface area contributed by atoms with Crippen LogP contribution in [0.4, 0.5) is 5.82 Å². The molecule has 0 radical (unpaired) electrons. The smallest absolute Gasteiger partial charge is 0.275 e. The molecular formula is C22H19N5O3. The molecule has 1 unspecified atom stereocenters. The third kappa shape index (κ3) is 3.32. The normalized spacial score (nSPS) is 15.6. The van der Waals surface area contributed by atoms with Crippen molar-refractivity contribution in [1.82, 2.24) is 20.0 Å². The van der Waals surface area contributed by atoms with E-state index < -0.39 is 0 Å². The van der Waals surface area contributed by atoms with Gasteiger partial charge in [-0.05, 0) is 30.7 Å². The van der Waals surface area contributed by atoms with Crippen molar-refractivity contribution in [1.29, 1.82) is 0 Å². The number of pyridine rings is 1. The molecule has 30 heavy (non-hydrogen) atoms. The summed E-state index contributed by atoms with van der Waals surface area (Å²) in [4.78, 5) is 29.4. The molecule has 1 atom stereocenters. The van der Waals surface area contributed by atoms with Crippen LogP contribution < -0.4 is 10.6 Å². The summed E-state index contributed by atoms with van der Waals surface area (Å²) in [5.41, 5.74) is 2.50. The minimum absolute atomic E-state index is 0.00181. The predicted octanol–water partition coefficient (Wildman–Crippen LogP) is 3.00. The van der Waals surface area contributed by atoms with Crippen molar-refractivity contribution in [3.63, 3.8) is 0 Å². The quantitative estimate of drug-likeness (QED) is 0.547. The summed E-state index contributed by atoms with van der Waals surface area (Å²) in [6.45, 7) is 2.54. The zero-order valence-electron chi connectivity index (χ0n) is 16.3. The lowest BCUT2D eigenvalue weighted by atomic mass is 10.1. The molecule has 0 saturated heterocycles. The lowest BCUT2D eigenvalue weighted by Crippen LogP contribution is -2.42. The van der Waals surface area contributed by atoms with Gasteiger partial charge in [0.2, 0.25) is 0 Å². The number of rotatable bonds is 4. The molecular weight excluding hydrogens is 382 g/mol. The van der Waals surface area contributed by atoms with Gasteiger partial charge in [0.1, 0.15) is 22.8 Å². The van der Waals surface area contributed by atoms with Crippen LogP contribution in [0.5, 0.6) is 0 Å². The number of carbonyl (C=O) groups is 2. The van der Waals surface area contributed by atoms with Gasteiger partial charge in [-0.2, -0.15) is 0 Å². The maximum atomic E-state index is 12.7. The molecule has 0 fully saturated rings. The van der Waals surface area contributed by atoms with Gasteiger partial charge >= 0.3 is 0 Å². The number of carbonyl (C=O) groups excluding carboxylic acids is 2. The summed E-state index contributed by atoms with van der Waals surface area (Å²) in [6, 6.07) is 16.8. The molecule has 2 amide bonds. The van der Waals surface area contributed by atoms with Crippen molar-refractivity contribution in [2.75, 3.05) is 5.32 Å². The van der Waals surface area contributed by atoms with Gasteiger partial charge in [0.25, 0.3) is 11.8 Å². The first-order chi connectivity index (χ1) is 14.6. The van der Waals surface area contributed by atoms with Crippen molar-refractivity contribution in [3.05, 3.63) is 77.3 Å². The number of amides is 2. The Labute approximate surface area is 171 Å². The summed E-state index contributed by atoms with van der Waals surface area (Å²) in [7, 11) is 0. The van der Waals surface area contributed by atoms with Crippen LogP contribution >= 0.6 is 0 Å². The Morgan fingerprint density at radius 2 is 2.07 bits per heavy atom. The lowest BCUT2D eigenvalue weighted by Gasteiger charge is -2.22. The van der Waals surface area contributed by atoms with Crippen LogP contribution in [0.25, 0.3) is 11.0 Å². The van der Waals surface area contributed by atoms with Crippen molar-refractivity contribution >= 4 is 28.7 Å². The maximum Gasteiger partial charge on any atom is 0.275 e. The fraction of sp³-hybridized carbons (Fsp3) is 0.182. The summed E-state index contributed by atoms with van der Waals surface area (Å²) in [6.07, 6.45) is 0.588. The van der Waals surface area contributed by atoms with Gasteiger partial charge in [-0.15, -0.1) is 0 Å². The standard InChI is InChI=1S/C22H19N5O3/c1-13-12-27-18(22(29)23-13)10-15-7-8-17(24-20(15)27)21(28)25-19-11-16(30-26-19)9-14-5-3-2-4-6-14/h2-8,10-11,13H,9,12H2,1H3,(H,23,29)(H,25,26,28). The van der Waals surface area contributed by atoms with E-state index in [9.17, 15) is 9.59 Å². The topological polar surface area (TPSA) is 102 Å². The second-order valence-corrected chi connectivity index (χ2v) is 7.42. The monoisotopic (exact) mass is 401 g/mol. The molecule has 0 saturated carbocycles. The molecule has 2 N–H and O–H groups in total. The Hall–Kier alpha value is -3.94. The van der Waals surface area contributed by atoms with E-state index in [4.69, 9.17) is 4.52 Å². The number of nitrogens with zero attached hydrogens (tertiary/aromatic N) is 3. The molecule has 150 valence electrons. The molecule has 0 bridgehead atoms. The van der Waals surface area contributed by atoms with E-state index in [2.05, 4.69) is 20.8 Å². The van der Waals surface area contributed by atoms with E-state index >= 15 is 0 Å². The maximum absolute atomic E-state index is 12.7. The second-order valence-electron chi connectivity index (χ2n) is 7.42. The van der Waals surface area contributed by atoms with Crippen molar-refractivity contribution < 1.29 is 14.1 Å². The lowest BCUT2D eigenvalue weighted by molar-refractivity contribution is 0.0907. The SMILES string of the molecule is CC1Cn2c(cc3ccc(C(=O)Nc4cc(Cc5ccccc5)on4)nc32)C(=O)N1. The Bertz CT molecular complexity index is 1260. The number of fused-ring (bicyclic) bond motifs is 3. The van der Waals surface area contributed by atoms with Gasteiger partial charge in [0.05, 0.1) is 0 Å². The Morgan fingerprint density at radius 1 is 1.23 bits per heavy atom. The highest BCUT2D eigenvalue weighted by Gasteiger charge is 2.25. The Balaban J connectivity index is 1.36. The first-order valence-corrected chi connectivity index (χ1v) is 9.69. The van der Waals surface area contributed by atoms with Gasteiger partial charge in [-0.1, -0.05) is 35.5 Å². The fourth-order valence-corrected chi connectivity index (χ4v) is 3.68. The fourth-order valence-electron chi connectivity index (χ4n) is 3.68. The number of benzene rings is 1. The highest BCUT2D eigenvalue weighted by atomic mass is 16.5. The molecule has 1 aliphatic rings. The zero-order valence-corrected chi connectivity index (χ0v) is 16.3. The molecule has 0 spiro atoms. The van der Waals surface area contributed by atoms with E-state index in [0.717, 1.165) is 10.9 Å². The number of hydrogen-bond acceptors (Lipinski definition) is 5. The van der Waals surface area contributed by atoms with E-state index in [0.29, 0.717) is 35.9 Å². The number of nitrogens with one attached hydrogen (secondary N) is 2. The molecule has 0 aliphatic carbocycles. The first-order valence-electron chi connectivity index (χ1n) is 9.69. The van der Waals surface area contributed by atoms with Crippen LogP contribution in [-0.4, -0.2) is 32.6 Å². The summed E-state index contributed by atoms with van der Waals surface area (Å²) in [5.74, 6) is 0.463. The third-order valence-electron chi connectivity index (χ3n) is 5.06. The van der Waals surface area contributed by atoms with Crippen LogP contribution in [0, 0.1) is 0 Å². The van der Waals surface area contributed by atoms with Gasteiger partial charge in [0, 0.05) is 30.5 Å². The molecule has 1 aliphatic heterocycles. The average Bonchev–Trinajstić information content (AvgIpc) is 3.33. The van der Waals surface area contributed by atoms with Gasteiger partial charge in [0.15, 0.2) is 5.82 Å². The summed E-state index contributed by atoms with van der Waals surface area (Å²) >= 11 is 0. The van der Waals surface area contributed by atoms with Crippen molar-refractivity contribution in [3.8, 4) is 0 Å². The van der Waals surface area contributed by atoms with E-state index in [1.807, 2.05) is 41.8 Å². The Kier molecular flexibility index (Phi) is 4.31. The van der Waals surface area contributed by atoms with Crippen LogP contribution in [0.3, 0.4) is 0 Å². The molecule has 3 aromatic heterocycles. The van der Waals surface area contributed by atoms with E-state index in [-0.39, 0.29) is 23.6 Å². The minimum Gasteiger partial charge on any atom is -0.359 e. The second kappa shape index (κ2) is 7.14. The number of anilines is 1. The van der Waals surface area contributed by atoms with Gasteiger partial charge in [-0.25, -0.2) is 4.98 Å². The number of aromatic nitrogens is 3. The summed E-state index contributed by atoms with van der Waals surface area (Å²) in [5, 5.41) is 10.4. The van der Waals surface area contributed by atoms with Crippen molar-refractivity contribution in [2.45, 2.75) is 25.9 Å². The molecule has 8 nitrogen and oxygen atoms in total. The van der Waals surface area contributed by atoms with Gasteiger partial charge < -0.3 is 19.7 Å². The van der Waals surface area contributed by atoms with E-state index in [1.54, 1.807) is 24.3 Å². The zero-order chi connectivity index (χ0) is 20.7. The number of hydrogen-bond donors (Lipinski definition) is 2. The highest BCUT2D eigenvalue weighted by Crippen LogP contribution is 2.22. The van der Waals surface area contributed by atoms with Crippen molar-refractivity contribution in [2.24, 2.45) is 0 Å². The minimum atomic E-state index is -0.389. The molecule has 5 rings (SSSR count). The Morgan fingerprint density at radius 3 is 2.90 bits per heavy atom. The van der Waals surface area contributed by atoms with E-state index in [1.165, 1.54) is 0 Å². The predicted molar refractivity (Wildman–Crippen MR) is 110 cm³/mol. The van der Waals surface area contributed by atoms with Crippen LogP contribution in [0.15, 0.2) is 59.1 Å². The molecule has 4 heterocycles. The van der Waals surface area contributed by atoms with Crippen LogP contribution in [0.1, 0.15) is 39.2 Å². The summed E-state index contributed by atoms with van der Waals surface area (Å²) < 4.78 is 7.18.